The first-order valence-electron chi connectivity index (χ1n) is 10.6. The van der Waals surface area contributed by atoms with Crippen molar-refractivity contribution in [2.45, 2.75) is 31.8 Å². The summed E-state index contributed by atoms with van der Waals surface area (Å²) in [4.78, 5) is 30.5. The maximum atomic E-state index is 12.6. The molecule has 0 spiro atoms. The third-order valence-corrected chi connectivity index (χ3v) is 5.48. The van der Waals surface area contributed by atoms with Crippen LogP contribution in [0.5, 0.6) is 0 Å². The second-order valence-corrected chi connectivity index (χ2v) is 7.69. The largest absolute Gasteiger partial charge is 0.468 e. The SMILES string of the molecule is O=C(NCC(c1ccco1)N1CCCCC1)Nc1cccc(Cn2cccnc2=O)c1. The number of piperidine rings is 1. The highest BCUT2D eigenvalue weighted by Crippen LogP contribution is 2.24. The molecule has 2 aromatic heterocycles. The van der Waals surface area contributed by atoms with E-state index in [9.17, 15) is 9.59 Å². The van der Waals surface area contributed by atoms with Gasteiger partial charge in [0.2, 0.25) is 0 Å². The first-order valence-corrected chi connectivity index (χ1v) is 10.6. The number of hydrogen-bond donors (Lipinski definition) is 2. The predicted octanol–water partition coefficient (Wildman–Crippen LogP) is 3.23. The smallest absolute Gasteiger partial charge is 0.347 e. The van der Waals surface area contributed by atoms with E-state index in [1.54, 1.807) is 18.5 Å². The number of nitrogens with zero attached hydrogens (tertiary/aromatic N) is 3. The van der Waals surface area contributed by atoms with Crippen molar-refractivity contribution in [1.29, 1.82) is 0 Å². The van der Waals surface area contributed by atoms with Crippen molar-refractivity contribution in [1.82, 2.24) is 19.8 Å². The Kier molecular flexibility index (Phi) is 6.78. The lowest BCUT2D eigenvalue weighted by Gasteiger charge is -2.33. The average Bonchev–Trinajstić information content (AvgIpc) is 3.31. The third kappa shape index (κ3) is 5.61. The van der Waals surface area contributed by atoms with E-state index in [1.165, 1.54) is 17.2 Å². The second-order valence-electron chi connectivity index (χ2n) is 7.69. The number of benzene rings is 1. The topological polar surface area (TPSA) is 92.4 Å². The molecule has 8 heteroatoms. The van der Waals surface area contributed by atoms with E-state index >= 15 is 0 Å². The molecule has 1 atom stereocenters. The minimum Gasteiger partial charge on any atom is -0.468 e. The molecule has 0 aliphatic carbocycles. The number of carbonyl (C=O) groups is 1. The summed E-state index contributed by atoms with van der Waals surface area (Å²) in [5.74, 6) is 0.867. The van der Waals surface area contributed by atoms with Crippen LogP contribution in [0.25, 0.3) is 0 Å². The third-order valence-electron chi connectivity index (χ3n) is 5.48. The standard InChI is InChI=1S/C23H27N5O3/c29-22(25-16-20(21-9-5-14-31-21)27-11-2-1-3-12-27)26-19-8-4-7-18(15-19)17-28-13-6-10-24-23(28)30/h4-10,13-15,20H,1-3,11-12,16-17H2,(H2,25,26,29). The van der Waals surface area contributed by atoms with Crippen LogP contribution in [0.3, 0.4) is 0 Å². The van der Waals surface area contributed by atoms with Crippen LogP contribution in [0.1, 0.15) is 36.6 Å². The normalized spacial score (nSPS) is 15.4. The lowest BCUT2D eigenvalue weighted by atomic mass is 10.1. The molecule has 162 valence electrons. The Morgan fingerprint density at radius 2 is 2.00 bits per heavy atom. The molecule has 0 radical (unpaired) electrons. The number of furan rings is 1. The van der Waals surface area contributed by atoms with Crippen LogP contribution in [0, 0.1) is 0 Å². The van der Waals surface area contributed by atoms with Crippen molar-refractivity contribution in [3.05, 3.63) is 82.9 Å². The molecule has 31 heavy (non-hydrogen) atoms. The lowest BCUT2D eigenvalue weighted by molar-refractivity contribution is 0.144. The van der Waals surface area contributed by atoms with Gasteiger partial charge in [-0.2, -0.15) is 0 Å². The zero-order chi connectivity index (χ0) is 21.5. The maximum absolute atomic E-state index is 12.6. The van der Waals surface area contributed by atoms with Gasteiger partial charge in [-0.25, -0.2) is 14.6 Å². The summed E-state index contributed by atoms with van der Waals surface area (Å²) in [7, 11) is 0. The van der Waals surface area contributed by atoms with Gasteiger partial charge in [0.15, 0.2) is 0 Å². The first kappa shape index (κ1) is 20.9. The van der Waals surface area contributed by atoms with Crippen LogP contribution in [0.4, 0.5) is 10.5 Å². The molecule has 1 aromatic carbocycles. The van der Waals surface area contributed by atoms with Gasteiger partial charge in [-0.15, -0.1) is 0 Å². The van der Waals surface area contributed by atoms with Gasteiger partial charge in [0.05, 0.1) is 18.8 Å². The van der Waals surface area contributed by atoms with Crippen LogP contribution in [0.2, 0.25) is 0 Å². The average molecular weight is 422 g/mol. The fraction of sp³-hybridized carbons (Fsp3) is 0.348. The van der Waals surface area contributed by atoms with Gasteiger partial charge in [0.1, 0.15) is 5.76 Å². The summed E-state index contributed by atoms with van der Waals surface area (Å²) in [6.07, 6.45) is 8.41. The monoisotopic (exact) mass is 421 g/mol. The first-order chi connectivity index (χ1) is 15.2. The number of amides is 2. The van der Waals surface area contributed by atoms with Gasteiger partial charge in [-0.05, 0) is 61.8 Å². The summed E-state index contributed by atoms with van der Waals surface area (Å²) in [5.41, 5.74) is 1.26. The minimum atomic E-state index is -0.305. The molecule has 0 bridgehead atoms. The molecule has 1 unspecified atom stereocenters. The Bertz CT molecular complexity index is 1040. The zero-order valence-electron chi connectivity index (χ0n) is 17.4. The van der Waals surface area contributed by atoms with Crippen LogP contribution in [-0.4, -0.2) is 40.1 Å². The Balaban J connectivity index is 1.36. The molecule has 2 N–H and O–H groups in total. The molecule has 0 saturated carbocycles. The minimum absolute atomic E-state index is 0.0184. The number of nitrogens with one attached hydrogen (secondary N) is 2. The Hall–Kier alpha value is -3.39. The van der Waals surface area contributed by atoms with Gasteiger partial charge in [0.25, 0.3) is 0 Å². The summed E-state index contributed by atoms with van der Waals surface area (Å²) >= 11 is 0. The quantitative estimate of drug-likeness (QED) is 0.611. The van der Waals surface area contributed by atoms with Crippen LogP contribution in [0.15, 0.2) is 70.3 Å². The van der Waals surface area contributed by atoms with Crippen molar-refractivity contribution in [2.75, 3.05) is 25.0 Å². The highest BCUT2D eigenvalue weighted by Gasteiger charge is 2.24. The summed E-state index contributed by atoms with van der Waals surface area (Å²) in [5, 5.41) is 5.86. The number of likely N-dealkylation sites (tertiary alicyclic amines) is 1. The van der Waals surface area contributed by atoms with E-state index in [4.69, 9.17) is 4.42 Å². The maximum Gasteiger partial charge on any atom is 0.347 e. The molecule has 1 aliphatic rings. The number of rotatable bonds is 7. The lowest BCUT2D eigenvalue weighted by Crippen LogP contribution is -2.41. The van der Waals surface area contributed by atoms with Crippen LogP contribution < -0.4 is 16.3 Å². The molecular formula is C23H27N5O3. The fourth-order valence-corrected chi connectivity index (χ4v) is 3.94. The molecule has 3 aromatic rings. The van der Waals surface area contributed by atoms with Gasteiger partial charge in [-0.1, -0.05) is 18.6 Å². The predicted molar refractivity (Wildman–Crippen MR) is 118 cm³/mol. The number of anilines is 1. The summed E-state index contributed by atoms with van der Waals surface area (Å²) in [6, 6.07) is 12.7. The Morgan fingerprint density at radius 1 is 1.13 bits per heavy atom. The molecule has 4 rings (SSSR count). The summed E-state index contributed by atoms with van der Waals surface area (Å²) in [6.45, 7) is 2.86. The van der Waals surface area contributed by atoms with Crippen LogP contribution >= 0.6 is 0 Å². The fourth-order valence-electron chi connectivity index (χ4n) is 3.94. The van der Waals surface area contributed by atoms with E-state index in [2.05, 4.69) is 20.5 Å². The summed E-state index contributed by atoms with van der Waals surface area (Å²) < 4.78 is 7.15. The second kappa shape index (κ2) is 10.1. The van der Waals surface area contributed by atoms with Crippen LogP contribution in [-0.2, 0) is 6.54 Å². The van der Waals surface area contributed by atoms with Gasteiger partial charge in [-0.3, -0.25) is 9.47 Å². The molecular weight excluding hydrogens is 394 g/mol. The van der Waals surface area contributed by atoms with Crippen molar-refractivity contribution in [3.8, 4) is 0 Å². The molecule has 1 saturated heterocycles. The van der Waals surface area contributed by atoms with E-state index in [-0.39, 0.29) is 17.8 Å². The molecule has 1 aliphatic heterocycles. The molecule has 2 amide bonds. The van der Waals surface area contributed by atoms with E-state index < -0.39 is 0 Å². The van der Waals surface area contributed by atoms with Gasteiger partial charge < -0.3 is 15.1 Å². The van der Waals surface area contributed by atoms with Gasteiger partial charge >= 0.3 is 11.7 Å². The van der Waals surface area contributed by atoms with Crippen molar-refractivity contribution in [3.63, 3.8) is 0 Å². The number of urea groups is 1. The van der Waals surface area contributed by atoms with E-state index in [0.29, 0.717) is 18.8 Å². The Labute approximate surface area is 180 Å². The molecule has 1 fully saturated rings. The van der Waals surface area contributed by atoms with E-state index in [1.807, 2.05) is 36.4 Å². The number of carbonyl (C=O) groups excluding carboxylic acids is 1. The highest BCUT2D eigenvalue weighted by atomic mass is 16.3. The van der Waals surface area contributed by atoms with E-state index in [0.717, 1.165) is 37.3 Å². The van der Waals surface area contributed by atoms with Crippen molar-refractivity contribution < 1.29 is 9.21 Å². The number of aromatic nitrogens is 2. The van der Waals surface area contributed by atoms with Crippen molar-refractivity contribution in [2.24, 2.45) is 0 Å². The molecule has 3 heterocycles. The Morgan fingerprint density at radius 3 is 2.77 bits per heavy atom. The number of hydrogen-bond acceptors (Lipinski definition) is 5. The highest BCUT2D eigenvalue weighted by molar-refractivity contribution is 5.89. The van der Waals surface area contributed by atoms with Crippen molar-refractivity contribution >= 4 is 11.7 Å². The molecule has 8 nitrogen and oxygen atoms in total. The zero-order valence-corrected chi connectivity index (χ0v) is 17.4. The van der Waals surface area contributed by atoms with Gasteiger partial charge in [0, 0.05) is 24.6 Å².